The Morgan fingerprint density at radius 1 is 1.59 bits per heavy atom. The third-order valence-electron chi connectivity index (χ3n) is 3.30. The predicted octanol–water partition coefficient (Wildman–Crippen LogP) is 1.91. The molecule has 4 heteroatoms. The molecule has 1 fully saturated rings. The highest BCUT2D eigenvalue weighted by Gasteiger charge is 2.22. The van der Waals surface area contributed by atoms with Crippen LogP contribution in [0.15, 0.2) is 17.5 Å². The average molecular weight is 253 g/mol. The molecule has 1 aromatic rings. The standard InChI is InChI=1S/C13H19NO2S/c15-10-11-3-1-7-14(9-11)13(16)6-5-12-4-2-8-17-12/h2,4,8,11,15H,1,3,5-7,9-10H2. The van der Waals surface area contributed by atoms with Crippen LogP contribution in [0.5, 0.6) is 0 Å². The van der Waals surface area contributed by atoms with Gasteiger partial charge < -0.3 is 10.0 Å². The molecule has 1 aromatic heterocycles. The minimum atomic E-state index is 0.203. The van der Waals surface area contributed by atoms with Gasteiger partial charge in [0.1, 0.15) is 0 Å². The van der Waals surface area contributed by atoms with Crippen molar-refractivity contribution in [1.82, 2.24) is 4.90 Å². The van der Waals surface area contributed by atoms with Crippen LogP contribution in [0.3, 0.4) is 0 Å². The van der Waals surface area contributed by atoms with Gasteiger partial charge in [-0.25, -0.2) is 0 Å². The normalized spacial score (nSPS) is 20.5. The minimum Gasteiger partial charge on any atom is -0.396 e. The summed E-state index contributed by atoms with van der Waals surface area (Å²) in [7, 11) is 0. The van der Waals surface area contributed by atoms with Crippen molar-refractivity contribution in [2.45, 2.75) is 25.7 Å². The van der Waals surface area contributed by atoms with Gasteiger partial charge in [-0.3, -0.25) is 4.79 Å². The lowest BCUT2D eigenvalue weighted by Gasteiger charge is -2.31. The van der Waals surface area contributed by atoms with Crippen molar-refractivity contribution < 1.29 is 9.90 Å². The van der Waals surface area contributed by atoms with Crippen molar-refractivity contribution in [2.24, 2.45) is 5.92 Å². The second-order valence-electron chi connectivity index (χ2n) is 4.61. The lowest BCUT2D eigenvalue weighted by molar-refractivity contribution is -0.133. The number of hydrogen-bond donors (Lipinski definition) is 1. The molecule has 0 saturated carbocycles. The number of thiophene rings is 1. The molecule has 1 saturated heterocycles. The number of amides is 1. The SMILES string of the molecule is O=C(CCc1cccs1)N1CCCC(CO)C1. The highest BCUT2D eigenvalue weighted by Crippen LogP contribution is 2.18. The smallest absolute Gasteiger partial charge is 0.222 e. The van der Waals surface area contributed by atoms with Gasteiger partial charge in [-0.05, 0) is 36.6 Å². The first kappa shape index (κ1) is 12.6. The quantitative estimate of drug-likeness (QED) is 0.890. The molecule has 0 aromatic carbocycles. The summed E-state index contributed by atoms with van der Waals surface area (Å²) < 4.78 is 0. The van der Waals surface area contributed by atoms with E-state index in [4.69, 9.17) is 5.11 Å². The molecule has 1 atom stereocenters. The summed E-state index contributed by atoms with van der Waals surface area (Å²) in [5.41, 5.74) is 0. The molecule has 1 aliphatic heterocycles. The molecule has 0 radical (unpaired) electrons. The number of aryl methyl sites for hydroxylation is 1. The van der Waals surface area contributed by atoms with Crippen LogP contribution in [0.2, 0.25) is 0 Å². The minimum absolute atomic E-state index is 0.203. The van der Waals surface area contributed by atoms with Crippen LogP contribution in [0.4, 0.5) is 0 Å². The van der Waals surface area contributed by atoms with Crippen molar-refractivity contribution >= 4 is 17.2 Å². The first-order valence-electron chi connectivity index (χ1n) is 6.20. The fourth-order valence-corrected chi connectivity index (χ4v) is 2.99. The number of hydrogen-bond acceptors (Lipinski definition) is 3. The largest absolute Gasteiger partial charge is 0.396 e. The monoisotopic (exact) mass is 253 g/mol. The Hall–Kier alpha value is -0.870. The number of rotatable bonds is 4. The highest BCUT2D eigenvalue weighted by atomic mass is 32.1. The molecular formula is C13H19NO2S. The molecule has 1 N–H and O–H groups in total. The van der Waals surface area contributed by atoms with E-state index in [2.05, 4.69) is 6.07 Å². The summed E-state index contributed by atoms with van der Waals surface area (Å²) in [4.78, 5) is 15.2. The molecule has 17 heavy (non-hydrogen) atoms. The molecule has 2 rings (SSSR count). The maximum absolute atomic E-state index is 12.0. The molecule has 3 nitrogen and oxygen atoms in total. The zero-order valence-corrected chi connectivity index (χ0v) is 10.8. The van der Waals surface area contributed by atoms with Gasteiger partial charge in [-0.1, -0.05) is 6.07 Å². The first-order chi connectivity index (χ1) is 8.29. The average Bonchev–Trinajstić information content (AvgIpc) is 2.89. The third kappa shape index (κ3) is 3.54. The molecule has 0 bridgehead atoms. The van der Waals surface area contributed by atoms with Gasteiger partial charge in [0, 0.05) is 31.0 Å². The molecule has 0 spiro atoms. The number of aliphatic hydroxyl groups is 1. The van der Waals surface area contributed by atoms with Crippen LogP contribution in [0.25, 0.3) is 0 Å². The van der Waals surface area contributed by atoms with Crippen molar-refractivity contribution in [1.29, 1.82) is 0 Å². The molecule has 2 heterocycles. The summed E-state index contributed by atoms with van der Waals surface area (Å²) in [5, 5.41) is 11.2. The Labute approximate surface area is 106 Å². The van der Waals surface area contributed by atoms with Gasteiger partial charge in [-0.15, -0.1) is 11.3 Å². The fraction of sp³-hybridized carbons (Fsp3) is 0.615. The van der Waals surface area contributed by atoms with E-state index in [1.54, 1.807) is 11.3 Å². The van der Waals surface area contributed by atoms with E-state index in [-0.39, 0.29) is 18.4 Å². The Bertz CT molecular complexity index is 350. The van der Waals surface area contributed by atoms with Crippen molar-refractivity contribution in [3.63, 3.8) is 0 Å². The summed E-state index contributed by atoms with van der Waals surface area (Å²) in [6.45, 7) is 1.80. The van der Waals surface area contributed by atoms with Gasteiger partial charge in [0.25, 0.3) is 0 Å². The highest BCUT2D eigenvalue weighted by molar-refractivity contribution is 7.09. The summed E-state index contributed by atoms with van der Waals surface area (Å²) in [6.07, 6.45) is 3.51. The molecule has 1 amide bonds. The van der Waals surface area contributed by atoms with Crippen LogP contribution >= 0.6 is 11.3 Å². The zero-order chi connectivity index (χ0) is 12.1. The van der Waals surface area contributed by atoms with Crippen LogP contribution in [-0.4, -0.2) is 35.6 Å². The third-order valence-corrected chi connectivity index (χ3v) is 4.23. The molecular weight excluding hydrogens is 234 g/mol. The molecule has 0 aliphatic carbocycles. The predicted molar refractivity (Wildman–Crippen MR) is 69.0 cm³/mol. The Morgan fingerprint density at radius 2 is 2.47 bits per heavy atom. The van der Waals surface area contributed by atoms with E-state index < -0.39 is 0 Å². The number of nitrogens with zero attached hydrogens (tertiary/aromatic N) is 1. The van der Waals surface area contributed by atoms with Gasteiger partial charge in [0.2, 0.25) is 5.91 Å². The van der Waals surface area contributed by atoms with E-state index in [9.17, 15) is 4.79 Å². The molecule has 1 unspecified atom stereocenters. The van der Waals surface area contributed by atoms with Crippen LogP contribution < -0.4 is 0 Å². The Morgan fingerprint density at radius 3 is 3.18 bits per heavy atom. The summed E-state index contributed by atoms with van der Waals surface area (Å²) in [5.74, 6) is 0.519. The Kier molecular flexibility index (Phi) is 4.57. The van der Waals surface area contributed by atoms with E-state index in [1.807, 2.05) is 16.3 Å². The topological polar surface area (TPSA) is 40.5 Å². The number of aliphatic hydroxyl groups excluding tert-OH is 1. The van der Waals surface area contributed by atoms with E-state index >= 15 is 0 Å². The van der Waals surface area contributed by atoms with Crippen LogP contribution in [0, 0.1) is 5.92 Å². The van der Waals surface area contributed by atoms with Gasteiger partial charge in [-0.2, -0.15) is 0 Å². The van der Waals surface area contributed by atoms with Crippen LogP contribution in [0.1, 0.15) is 24.1 Å². The van der Waals surface area contributed by atoms with Crippen LogP contribution in [-0.2, 0) is 11.2 Å². The van der Waals surface area contributed by atoms with E-state index in [0.717, 1.165) is 32.4 Å². The maximum atomic E-state index is 12.0. The lowest BCUT2D eigenvalue weighted by Crippen LogP contribution is -2.41. The first-order valence-corrected chi connectivity index (χ1v) is 7.08. The number of likely N-dealkylation sites (tertiary alicyclic amines) is 1. The second-order valence-corrected chi connectivity index (χ2v) is 5.64. The van der Waals surface area contributed by atoms with Crippen molar-refractivity contribution in [3.05, 3.63) is 22.4 Å². The van der Waals surface area contributed by atoms with Gasteiger partial charge >= 0.3 is 0 Å². The van der Waals surface area contributed by atoms with Crippen molar-refractivity contribution in [3.8, 4) is 0 Å². The summed E-state index contributed by atoms with van der Waals surface area (Å²) >= 11 is 1.71. The number of piperidine rings is 1. The molecule has 94 valence electrons. The fourth-order valence-electron chi connectivity index (χ4n) is 2.28. The summed E-state index contributed by atoms with van der Waals surface area (Å²) in [6, 6.07) is 4.10. The Balaban J connectivity index is 1.79. The number of carbonyl (C=O) groups excluding carboxylic acids is 1. The maximum Gasteiger partial charge on any atom is 0.222 e. The lowest BCUT2D eigenvalue weighted by atomic mass is 9.98. The van der Waals surface area contributed by atoms with E-state index in [1.165, 1.54) is 4.88 Å². The zero-order valence-electron chi connectivity index (χ0n) is 9.97. The van der Waals surface area contributed by atoms with Crippen molar-refractivity contribution in [2.75, 3.05) is 19.7 Å². The van der Waals surface area contributed by atoms with Gasteiger partial charge in [0.15, 0.2) is 0 Å². The number of carbonyl (C=O) groups is 1. The molecule has 1 aliphatic rings. The second kappa shape index (κ2) is 6.17. The van der Waals surface area contributed by atoms with E-state index in [0.29, 0.717) is 6.42 Å². The van der Waals surface area contributed by atoms with Gasteiger partial charge in [0.05, 0.1) is 0 Å².